The minimum Gasteiger partial charge on any atom is -0.344 e. The number of nitrogens with zero attached hydrogens (tertiary/aromatic N) is 1. The van der Waals surface area contributed by atoms with Crippen LogP contribution in [-0.2, 0) is 0 Å². The van der Waals surface area contributed by atoms with E-state index < -0.39 is 0 Å². The van der Waals surface area contributed by atoms with Crippen LogP contribution in [0.4, 0.5) is 0 Å². The summed E-state index contributed by atoms with van der Waals surface area (Å²) in [6.07, 6.45) is 0. The van der Waals surface area contributed by atoms with E-state index in [1.54, 1.807) is 11.7 Å². The third-order valence-corrected chi connectivity index (χ3v) is 1.97. The Balaban J connectivity index is -0.0000000112. The summed E-state index contributed by atoms with van der Waals surface area (Å²) >= 11 is 0. The van der Waals surface area contributed by atoms with Gasteiger partial charge in [0.05, 0.1) is 20.8 Å². The standard InChI is InChI=1S/4CH8N2Si.CH6N2.2CH4.H6Si2.3H4Si/c1-4-3-2;1-3-4-2;1-3(2)4;1-2-3-4;1-3-2;;;1-2;;;/h2*3H,2,4H2,1H3;2H2,1,4H3;2-3H,1,4H3;3H,2H2,1H3;2*1H4;1-2H3;3*1H4. The molecule has 0 aliphatic rings. The molecule has 0 spiro atoms. The van der Waals surface area contributed by atoms with Gasteiger partial charge in [0.1, 0.15) is 9.68 Å². The Morgan fingerprint density at radius 2 is 1.08 bits per heavy atom. The van der Waals surface area contributed by atoms with Crippen LogP contribution in [-0.4, -0.2) is 126 Å². The predicted molar refractivity (Wildman–Crippen MR) is 168 cm³/mol. The molecule has 0 heterocycles. The second kappa shape index (κ2) is 130. The van der Waals surface area contributed by atoms with E-state index >= 15 is 0 Å². The molecule has 0 unspecified atom stereocenters. The first kappa shape index (κ1) is 70.9. The summed E-state index contributed by atoms with van der Waals surface area (Å²) in [4.78, 5) is 2.85. The predicted octanol–water partition coefficient (Wildman–Crippen LogP) is -13.6. The van der Waals surface area contributed by atoms with E-state index in [1.807, 2.05) is 21.1 Å². The number of hydrogen-bond acceptors (Lipinski definition) is 10. The van der Waals surface area contributed by atoms with Crippen molar-refractivity contribution >= 4 is 92.7 Å². The molecule has 0 atom stereocenters. The lowest BCUT2D eigenvalue weighted by molar-refractivity contribution is 0.587. The molecule has 0 bridgehead atoms. The molecule has 13 N–H and O–H groups in total. The Hall–Kier alpha value is 1.55. The Morgan fingerprint density at radius 3 is 1.08 bits per heavy atom. The van der Waals surface area contributed by atoms with E-state index in [2.05, 4.69) is 38.4 Å². The van der Waals surface area contributed by atoms with Gasteiger partial charge in [-0.15, -0.1) is 0 Å². The average molecular weight is 541 g/mol. The molecule has 0 amide bonds. The molecule has 26 heavy (non-hydrogen) atoms. The molecule has 0 saturated carbocycles. The fourth-order valence-corrected chi connectivity index (χ4v) is 0. The van der Waals surface area contributed by atoms with E-state index in [4.69, 9.17) is 17.1 Å². The molecule has 0 fully saturated rings. The summed E-state index contributed by atoms with van der Waals surface area (Å²) in [5.74, 6) is 14.4. The molecule has 0 aromatic heterocycles. The zero-order valence-corrected chi connectivity index (χ0v) is 26.5. The number of hydrazine groups is 4. The van der Waals surface area contributed by atoms with Gasteiger partial charge in [-0.25, -0.2) is 0 Å². The van der Waals surface area contributed by atoms with E-state index in [1.165, 1.54) is 19.5 Å². The van der Waals surface area contributed by atoms with Gasteiger partial charge >= 0.3 is 0 Å². The highest BCUT2D eigenvalue weighted by Crippen LogP contribution is 1.34. The zero-order valence-electron chi connectivity index (χ0n) is 15.7. The van der Waals surface area contributed by atoms with Gasteiger partial charge in [-0.05, 0) is 80.6 Å². The molecule has 178 valence electrons. The second-order valence-corrected chi connectivity index (χ2v) is 7.01. The largest absolute Gasteiger partial charge is 0.344 e. The molecule has 0 aromatic rings. The maximum atomic E-state index is 5.06. The third kappa shape index (κ3) is 743. The van der Waals surface area contributed by atoms with Crippen molar-refractivity contribution in [2.75, 3.05) is 28.2 Å². The summed E-state index contributed by atoms with van der Waals surface area (Å²) < 4.78 is 1.64. The zero-order chi connectivity index (χ0) is 18.5. The Morgan fingerprint density at radius 1 is 0.962 bits per heavy atom. The molecule has 0 radical (unpaired) electrons. The van der Waals surface area contributed by atoms with Gasteiger partial charge in [-0.1, -0.05) is 21.4 Å². The van der Waals surface area contributed by atoms with Crippen molar-refractivity contribution in [3.05, 3.63) is 0 Å². The Kier molecular flexibility index (Phi) is 354. The minimum absolute atomic E-state index is 0. The highest BCUT2D eigenvalue weighted by atomic mass is 29.1. The van der Waals surface area contributed by atoms with Crippen LogP contribution in [0.1, 0.15) is 14.9 Å². The number of hydrogen-bond donors (Lipinski definition) is 9. The molecule has 0 aliphatic carbocycles. The minimum atomic E-state index is -0.326. The molecule has 10 nitrogen and oxygen atoms in total. The van der Waals surface area contributed by atoms with Crippen molar-refractivity contribution in [2.24, 2.45) is 22.9 Å². The fraction of sp³-hybridized carbons (Fsp3) is 1.00. The first-order valence-electron chi connectivity index (χ1n) is 6.80. The van der Waals surface area contributed by atoms with E-state index in [0.29, 0.717) is 0 Å². The molecular weight excluding hydrogens is 477 g/mol. The van der Waals surface area contributed by atoms with Crippen LogP contribution in [0.3, 0.4) is 0 Å². The van der Waals surface area contributed by atoms with E-state index in [9.17, 15) is 0 Å². The van der Waals surface area contributed by atoms with Gasteiger partial charge in [0, 0.05) is 0 Å². The van der Waals surface area contributed by atoms with Gasteiger partial charge in [0.2, 0.25) is 0 Å². The van der Waals surface area contributed by atoms with E-state index in [0.717, 1.165) is 20.8 Å². The molecule has 0 aromatic carbocycles. The van der Waals surface area contributed by atoms with Crippen molar-refractivity contribution in [3.63, 3.8) is 0 Å². The smallest absolute Gasteiger partial charge is 0.164 e. The van der Waals surface area contributed by atoms with Crippen LogP contribution in [0.15, 0.2) is 0 Å². The lowest BCUT2D eigenvalue weighted by atomic mass is 11.5. The lowest BCUT2D eigenvalue weighted by Gasteiger charge is -1.91. The van der Waals surface area contributed by atoms with Crippen LogP contribution in [0, 0.1) is 0 Å². The second-order valence-electron chi connectivity index (χ2n) is 2.87. The van der Waals surface area contributed by atoms with E-state index in [-0.39, 0.29) is 67.3 Å². The summed E-state index contributed by atoms with van der Waals surface area (Å²) in [6.45, 7) is 2.08. The summed E-state index contributed by atoms with van der Waals surface area (Å²) in [7, 11) is 11.7. The third-order valence-electron chi connectivity index (χ3n) is 0.658. The van der Waals surface area contributed by atoms with Gasteiger partial charge in [-0.2, -0.15) is 0 Å². The summed E-state index contributed by atoms with van der Waals surface area (Å²) in [5.41, 5.74) is 4.99. The Bertz CT molecular complexity index is 87.0. The maximum Gasteiger partial charge on any atom is 0.164 e. The fourth-order valence-electron chi connectivity index (χ4n) is 0. The van der Waals surface area contributed by atoms with Crippen LogP contribution in [0.25, 0.3) is 0 Å². The maximum absolute atomic E-state index is 5.06. The molecular formula is C7H64N10Si9. The van der Waals surface area contributed by atoms with Gasteiger partial charge in [-0.3, -0.25) is 43.2 Å². The lowest BCUT2D eigenvalue weighted by Crippen LogP contribution is -2.23. The normalized spacial score (nSPS) is 7.15. The Labute approximate surface area is 195 Å². The van der Waals surface area contributed by atoms with Crippen LogP contribution < -0.4 is 48.9 Å². The average Bonchev–Trinajstić information content (AvgIpc) is 2.49. The first-order valence-corrected chi connectivity index (χ1v) is 20.3. The highest BCUT2D eigenvalue weighted by Gasteiger charge is 1.57. The summed E-state index contributed by atoms with van der Waals surface area (Å²) in [5, 5.41) is 10.4. The quantitative estimate of drug-likeness (QED) is 0.0951. The molecule has 0 aliphatic heterocycles. The van der Waals surface area contributed by atoms with Crippen LogP contribution >= 0.6 is 0 Å². The number of rotatable bonds is 3. The van der Waals surface area contributed by atoms with Crippen LogP contribution in [0.5, 0.6) is 0 Å². The van der Waals surface area contributed by atoms with Crippen molar-refractivity contribution in [1.29, 1.82) is 0 Å². The van der Waals surface area contributed by atoms with Crippen LogP contribution in [0.2, 0.25) is 6.55 Å². The van der Waals surface area contributed by atoms with Gasteiger partial charge in [0.15, 0.2) is 9.84 Å². The highest BCUT2D eigenvalue weighted by molar-refractivity contribution is 6.75. The van der Waals surface area contributed by atoms with Gasteiger partial charge < -0.3 is 10.4 Å². The topological polar surface area (TPSA) is 167 Å². The number of nitrogens with two attached hydrogens (primary N) is 4. The SMILES string of the molecule is C.C.CN(N)[SiH3].CNN.CNN[SiH3].CN[SiH2]N.C[SiH2]NN.[SiH3][SiH3].[SiH4].[SiH4].[SiH4]. The van der Waals surface area contributed by atoms with Crippen molar-refractivity contribution in [2.45, 2.75) is 21.4 Å². The van der Waals surface area contributed by atoms with Crippen molar-refractivity contribution in [3.8, 4) is 0 Å². The summed E-state index contributed by atoms with van der Waals surface area (Å²) in [6, 6.07) is 0. The van der Waals surface area contributed by atoms with Crippen molar-refractivity contribution < 1.29 is 0 Å². The number of nitrogens with one attached hydrogen (secondary N) is 5. The molecule has 0 saturated heterocycles. The first-order chi connectivity index (χ1) is 9.89. The van der Waals surface area contributed by atoms with Gasteiger partial charge in [0.25, 0.3) is 0 Å². The monoisotopic (exact) mass is 540 g/mol. The van der Waals surface area contributed by atoms with Crippen molar-refractivity contribution in [1.82, 2.24) is 30.7 Å². The molecule has 0 rings (SSSR count). The molecule has 19 heteroatoms.